The molecule has 0 saturated carbocycles. The lowest BCUT2D eigenvalue weighted by molar-refractivity contribution is -0.109. The summed E-state index contributed by atoms with van der Waals surface area (Å²) in [6.07, 6.45) is 14.0. The number of amides is 1. The van der Waals surface area contributed by atoms with Gasteiger partial charge in [0.25, 0.3) is 0 Å². The van der Waals surface area contributed by atoms with E-state index < -0.39 is 11.6 Å². The first-order chi connectivity index (χ1) is 17.1. The third kappa shape index (κ3) is 9.80. The lowest BCUT2D eigenvalue weighted by Gasteiger charge is -2.33. The van der Waals surface area contributed by atoms with Crippen LogP contribution in [0.2, 0.25) is 0 Å². The number of benzene rings is 2. The number of nitrogens with zero attached hydrogens (tertiary/aromatic N) is 3. The third-order valence-corrected chi connectivity index (χ3v) is 4.95. The van der Waals surface area contributed by atoms with E-state index in [1.165, 1.54) is 12.1 Å². The summed E-state index contributed by atoms with van der Waals surface area (Å²) in [5.41, 5.74) is 2.34. The second kappa shape index (κ2) is 16.6. The van der Waals surface area contributed by atoms with Crippen molar-refractivity contribution in [1.82, 2.24) is 15.3 Å². The van der Waals surface area contributed by atoms with Gasteiger partial charge in [0.05, 0.1) is 0 Å². The molecule has 4 rings (SSSR count). The van der Waals surface area contributed by atoms with Gasteiger partial charge in [0.15, 0.2) is 0 Å². The molecule has 2 aromatic carbocycles. The van der Waals surface area contributed by atoms with Gasteiger partial charge in [0, 0.05) is 44.1 Å². The summed E-state index contributed by atoms with van der Waals surface area (Å²) in [5, 5.41) is 5.80. The predicted octanol–water partition coefficient (Wildman–Crippen LogP) is 5.14. The van der Waals surface area contributed by atoms with Crippen molar-refractivity contribution in [2.75, 3.05) is 30.4 Å². The highest BCUT2D eigenvalue weighted by Gasteiger charge is 2.19. The molecular weight excluding hydrogens is 448 g/mol. The Bertz CT molecular complexity index is 985. The minimum absolute atomic E-state index is 0.389. The molecule has 0 spiro atoms. The van der Waals surface area contributed by atoms with Crippen LogP contribution in [0.15, 0.2) is 61.1 Å². The lowest BCUT2D eigenvalue weighted by Crippen LogP contribution is -2.39. The van der Waals surface area contributed by atoms with Crippen LogP contribution in [0.5, 0.6) is 0 Å². The number of carbonyl (C=O) groups excluding carboxylic acids is 1. The van der Waals surface area contributed by atoms with E-state index in [-0.39, 0.29) is 0 Å². The van der Waals surface area contributed by atoms with Crippen LogP contribution in [0.1, 0.15) is 26.7 Å². The van der Waals surface area contributed by atoms with Crippen molar-refractivity contribution in [2.45, 2.75) is 32.7 Å². The van der Waals surface area contributed by atoms with Crippen LogP contribution in [0.4, 0.5) is 20.3 Å². The molecule has 186 valence electrons. The highest BCUT2D eigenvalue weighted by atomic mass is 19.1. The quantitative estimate of drug-likeness (QED) is 0.390. The summed E-state index contributed by atoms with van der Waals surface area (Å²) in [5.74, 6) is -0.166. The largest absolute Gasteiger partial charge is 0.382 e. The first-order valence-corrected chi connectivity index (χ1v) is 11.4. The fourth-order valence-corrected chi connectivity index (χ4v) is 3.44. The molecule has 1 amide bonds. The first kappa shape index (κ1) is 29.0. The molecule has 6 nitrogen and oxygen atoms in total. The minimum atomic E-state index is -0.567. The van der Waals surface area contributed by atoms with Gasteiger partial charge >= 0.3 is 0 Å². The highest BCUT2D eigenvalue weighted by Crippen LogP contribution is 2.25. The molecule has 1 saturated heterocycles. The smallest absolute Gasteiger partial charge is 0.206 e. The second-order valence-corrected chi connectivity index (χ2v) is 7.12. The average molecular weight is 482 g/mol. The van der Waals surface area contributed by atoms with Crippen LogP contribution in [0, 0.1) is 24.5 Å². The molecule has 0 unspecified atom stereocenters. The molecule has 0 bridgehead atoms. The predicted molar refractivity (Wildman–Crippen MR) is 139 cm³/mol. The first-order valence-electron chi connectivity index (χ1n) is 11.4. The van der Waals surface area contributed by atoms with Crippen molar-refractivity contribution in [2.24, 2.45) is 0 Å². The summed E-state index contributed by atoms with van der Waals surface area (Å²) in [4.78, 5) is 19.6. The number of piperidine rings is 1. The van der Waals surface area contributed by atoms with Crippen LogP contribution >= 0.6 is 0 Å². The number of nitrogens with one attached hydrogen (secondary N) is 2. The zero-order valence-corrected chi connectivity index (χ0v) is 20.4. The summed E-state index contributed by atoms with van der Waals surface area (Å²) < 4.78 is 26.8. The fourth-order valence-electron chi connectivity index (χ4n) is 3.44. The number of hydrogen-bond acceptors (Lipinski definition) is 5. The molecule has 0 radical (unpaired) electrons. The van der Waals surface area contributed by atoms with E-state index in [9.17, 15) is 8.78 Å². The Hall–Kier alpha value is -3.99. The third-order valence-electron chi connectivity index (χ3n) is 4.95. The Morgan fingerprint density at radius 3 is 2.03 bits per heavy atom. The van der Waals surface area contributed by atoms with Gasteiger partial charge in [-0.3, -0.25) is 4.79 Å². The van der Waals surface area contributed by atoms with Gasteiger partial charge in [-0.05, 0) is 54.3 Å². The van der Waals surface area contributed by atoms with E-state index in [1.54, 1.807) is 19.6 Å². The van der Waals surface area contributed by atoms with Crippen LogP contribution in [-0.4, -0.2) is 42.6 Å². The Balaban J connectivity index is 0.000000684. The Labute approximate surface area is 206 Å². The summed E-state index contributed by atoms with van der Waals surface area (Å²) in [6.45, 7) is 5.88. The molecule has 0 atom stereocenters. The number of anilines is 2. The van der Waals surface area contributed by atoms with Crippen LogP contribution in [-0.2, 0) is 4.79 Å². The van der Waals surface area contributed by atoms with Gasteiger partial charge in [-0.25, -0.2) is 18.7 Å². The van der Waals surface area contributed by atoms with Gasteiger partial charge in [-0.15, -0.1) is 12.8 Å². The highest BCUT2D eigenvalue weighted by molar-refractivity contribution is 5.66. The topological polar surface area (TPSA) is 70.2 Å². The standard InChI is InChI=1S/C21H20F2N4.C2H5NO.C2H6.C2H2/c22-17-11-16(12-18(23)13-17)15-1-3-19(4-2-15)26-20-6-9-27(10-7-20)21-5-8-24-14-25-21;1-3-2-4;2*1-2/h1-5,8,11-14,20,26H,6-7,9-10H2;2H,1H3,(H,3,4);1-2H3;1-2H. The molecule has 1 aliphatic rings. The van der Waals surface area contributed by atoms with E-state index in [0.717, 1.165) is 49.1 Å². The average Bonchev–Trinajstić information content (AvgIpc) is 2.92. The molecule has 2 N–H and O–H groups in total. The zero-order chi connectivity index (χ0) is 26.1. The molecular formula is C27H33F2N5O. The maximum atomic E-state index is 13.4. The zero-order valence-electron chi connectivity index (χ0n) is 20.4. The van der Waals surface area contributed by atoms with Crippen molar-refractivity contribution in [1.29, 1.82) is 0 Å². The molecule has 3 aromatic rings. The molecule has 1 fully saturated rings. The van der Waals surface area contributed by atoms with Gasteiger partial charge in [0.2, 0.25) is 6.41 Å². The maximum Gasteiger partial charge on any atom is 0.206 e. The van der Waals surface area contributed by atoms with E-state index in [0.29, 0.717) is 18.0 Å². The van der Waals surface area contributed by atoms with Crippen molar-refractivity contribution in [3.05, 3.63) is 72.7 Å². The Kier molecular flexibility index (Phi) is 13.8. The molecule has 8 heteroatoms. The number of hydrogen-bond donors (Lipinski definition) is 2. The maximum absolute atomic E-state index is 13.4. The molecule has 2 heterocycles. The fraction of sp³-hybridized carbons (Fsp3) is 0.296. The van der Waals surface area contributed by atoms with Crippen LogP contribution in [0.3, 0.4) is 0 Å². The summed E-state index contributed by atoms with van der Waals surface area (Å²) in [6, 6.07) is 13.6. The van der Waals surface area contributed by atoms with Gasteiger partial charge in [-0.1, -0.05) is 26.0 Å². The SMILES string of the molecule is C#C.CC.CNC=O.Fc1cc(F)cc(-c2ccc(NC3CCN(c4ccncn4)CC3)cc2)c1. The molecule has 0 aliphatic carbocycles. The van der Waals surface area contributed by atoms with Crippen LogP contribution in [0.25, 0.3) is 11.1 Å². The summed E-state index contributed by atoms with van der Waals surface area (Å²) >= 11 is 0. The monoisotopic (exact) mass is 481 g/mol. The second-order valence-electron chi connectivity index (χ2n) is 7.12. The number of halogens is 2. The van der Waals surface area contributed by atoms with Gasteiger partial charge in [-0.2, -0.15) is 0 Å². The van der Waals surface area contributed by atoms with Crippen molar-refractivity contribution in [3.8, 4) is 24.0 Å². The van der Waals surface area contributed by atoms with Gasteiger partial charge in [0.1, 0.15) is 23.8 Å². The van der Waals surface area contributed by atoms with Crippen molar-refractivity contribution in [3.63, 3.8) is 0 Å². The Morgan fingerprint density at radius 2 is 1.54 bits per heavy atom. The Morgan fingerprint density at radius 1 is 0.971 bits per heavy atom. The lowest BCUT2D eigenvalue weighted by atomic mass is 10.0. The van der Waals surface area contributed by atoms with E-state index in [4.69, 9.17) is 4.79 Å². The molecule has 35 heavy (non-hydrogen) atoms. The normalized spacial score (nSPS) is 12.4. The van der Waals surface area contributed by atoms with Crippen LogP contribution < -0.4 is 15.5 Å². The number of carbonyl (C=O) groups is 1. The number of terminal acetylenes is 1. The molecule has 1 aromatic heterocycles. The van der Waals surface area contributed by atoms with Crippen molar-refractivity contribution < 1.29 is 13.6 Å². The number of aromatic nitrogens is 2. The minimum Gasteiger partial charge on any atom is -0.382 e. The van der Waals surface area contributed by atoms with E-state index in [1.807, 2.05) is 44.2 Å². The van der Waals surface area contributed by atoms with Gasteiger partial charge < -0.3 is 15.5 Å². The van der Waals surface area contributed by atoms with Crippen molar-refractivity contribution >= 4 is 17.9 Å². The molecule has 1 aliphatic heterocycles. The summed E-state index contributed by atoms with van der Waals surface area (Å²) in [7, 11) is 1.56. The number of rotatable bonds is 5. The van der Waals surface area contributed by atoms with E-state index >= 15 is 0 Å². The van der Waals surface area contributed by atoms with E-state index in [2.05, 4.69) is 38.3 Å².